The number of aliphatic hydroxyl groups excluding tert-OH is 1. The molecule has 0 bridgehead atoms. The molecule has 1 rings (SSSR count). The summed E-state index contributed by atoms with van der Waals surface area (Å²) in [5.74, 6) is 5.16. The first-order valence-corrected chi connectivity index (χ1v) is 6.89. The van der Waals surface area contributed by atoms with Gasteiger partial charge in [0, 0.05) is 13.7 Å². The number of pyridine rings is 1. The standard InChI is InChI=1S/C11H15N3O4S/c1-18-9-7-12-19(16,17)14-11-6-2-4-10(13-11)5-3-8-15/h2,4,6,12,15H,7-9H2,1H3,(H,13,14). The molecule has 0 spiro atoms. The molecule has 0 aliphatic carbocycles. The maximum Gasteiger partial charge on any atom is 0.300 e. The highest BCUT2D eigenvalue weighted by Crippen LogP contribution is 2.05. The zero-order valence-corrected chi connectivity index (χ0v) is 11.2. The van der Waals surface area contributed by atoms with Gasteiger partial charge in [-0.1, -0.05) is 12.0 Å². The van der Waals surface area contributed by atoms with Crippen molar-refractivity contribution in [2.75, 3.05) is 31.6 Å². The van der Waals surface area contributed by atoms with Gasteiger partial charge < -0.3 is 9.84 Å². The second kappa shape index (κ2) is 7.70. The average Bonchev–Trinajstić information content (AvgIpc) is 2.36. The highest BCUT2D eigenvalue weighted by molar-refractivity contribution is 7.90. The summed E-state index contributed by atoms with van der Waals surface area (Å²) in [5.41, 5.74) is 0.367. The summed E-state index contributed by atoms with van der Waals surface area (Å²) in [4.78, 5) is 3.98. The molecule has 1 heterocycles. The minimum Gasteiger partial charge on any atom is -0.384 e. The van der Waals surface area contributed by atoms with Gasteiger partial charge in [-0.25, -0.2) is 4.98 Å². The van der Waals surface area contributed by atoms with Gasteiger partial charge in [0.1, 0.15) is 18.1 Å². The van der Waals surface area contributed by atoms with E-state index in [4.69, 9.17) is 9.84 Å². The van der Waals surface area contributed by atoms with Crippen LogP contribution >= 0.6 is 0 Å². The zero-order valence-electron chi connectivity index (χ0n) is 10.4. The molecule has 8 heteroatoms. The normalized spacial score (nSPS) is 10.6. The Labute approximate surface area is 112 Å². The summed E-state index contributed by atoms with van der Waals surface area (Å²) in [6.45, 7) is 0.155. The van der Waals surface area contributed by atoms with Crippen LogP contribution in [0.25, 0.3) is 0 Å². The Kier molecular flexibility index (Phi) is 6.24. The first-order valence-electron chi connectivity index (χ1n) is 5.40. The fraction of sp³-hybridized carbons (Fsp3) is 0.364. The van der Waals surface area contributed by atoms with Crippen molar-refractivity contribution in [3.63, 3.8) is 0 Å². The summed E-state index contributed by atoms with van der Waals surface area (Å²) < 4.78 is 32.5. The van der Waals surface area contributed by atoms with E-state index in [0.29, 0.717) is 5.69 Å². The van der Waals surface area contributed by atoms with Crippen LogP contribution in [0, 0.1) is 11.8 Å². The molecular formula is C11H15N3O4S. The summed E-state index contributed by atoms with van der Waals surface area (Å²) >= 11 is 0. The topological polar surface area (TPSA) is 101 Å². The van der Waals surface area contributed by atoms with E-state index in [9.17, 15) is 8.42 Å². The molecule has 0 aliphatic rings. The largest absolute Gasteiger partial charge is 0.384 e. The van der Waals surface area contributed by atoms with E-state index in [0.717, 1.165) is 0 Å². The van der Waals surface area contributed by atoms with E-state index in [1.165, 1.54) is 13.2 Å². The van der Waals surface area contributed by atoms with Gasteiger partial charge in [-0.3, -0.25) is 4.72 Å². The van der Waals surface area contributed by atoms with Crippen molar-refractivity contribution < 1.29 is 18.3 Å². The van der Waals surface area contributed by atoms with E-state index in [-0.39, 0.29) is 25.6 Å². The van der Waals surface area contributed by atoms with Crippen LogP contribution in [0.4, 0.5) is 5.82 Å². The Balaban J connectivity index is 2.71. The van der Waals surface area contributed by atoms with E-state index in [2.05, 4.69) is 26.3 Å². The Morgan fingerprint density at radius 1 is 1.47 bits per heavy atom. The van der Waals surface area contributed by atoms with Crippen LogP contribution in [-0.2, 0) is 14.9 Å². The van der Waals surface area contributed by atoms with Gasteiger partial charge in [-0.05, 0) is 18.1 Å². The van der Waals surface area contributed by atoms with E-state index < -0.39 is 10.2 Å². The minimum atomic E-state index is -3.68. The van der Waals surface area contributed by atoms with Crippen LogP contribution < -0.4 is 9.44 Å². The quantitative estimate of drug-likeness (QED) is 0.475. The molecule has 0 aliphatic heterocycles. The first kappa shape index (κ1) is 15.4. The molecule has 1 aromatic rings. The number of rotatable bonds is 6. The van der Waals surface area contributed by atoms with Crippen molar-refractivity contribution in [2.45, 2.75) is 0 Å². The number of anilines is 1. The molecule has 0 saturated heterocycles. The van der Waals surface area contributed by atoms with Crippen LogP contribution in [0.1, 0.15) is 5.69 Å². The van der Waals surface area contributed by atoms with Gasteiger partial charge in [0.15, 0.2) is 0 Å². The molecule has 0 radical (unpaired) electrons. The van der Waals surface area contributed by atoms with Crippen LogP contribution in [0.3, 0.4) is 0 Å². The second-order valence-electron chi connectivity index (χ2n) is 3.36. The molecule has 0 saturated carbocycles. The Bertz CT molecular complexity index is 563. The smallest absolute Gasteiger partial charge is 0.300 e. The molecule has 19 heavy (non-hydrogen) atoms. The molecule has 0 aromatic carbocycles. The van der Waals surface area contributed by atoms with E-state index >= 15 is 0 Å². The first-order chi connectivity index (χ1) is 9.07. The second-order valence-corrected chi connectivity index (χ2v) is 4.86. The third kappa shape index (κ3) is 6.17. The lowest BCUT2D eigenvalue weighted by Gasteiger charge is -2.08. The van der Waals surface area contributed by atoms with Crippen molar-refractivity contribution in [1.29, 1.82) is 0 Å². The minimum absolute atomic E-state index is 0.148. The third-order valence-electron chi connectivity index (χ3n) is 1.88. The van der Waals surface area contributed by atoms with Gasteiger partial charge in [0.25, 0.3) is 10.2 Å². The molecule has 3 N–H and O–H groups in total. The highest BCUT2D eigenvalue weighted by atomic mass is 32.2. The van der Waals surface area contributed by atoms with E-state index in [1.54, 1.807) is 12.1 Å². The maximum absolute atomic E-state index is 11.6. The number of nitrogens with zero attached hydrogens (tertiary/aromatic N) is 1. The number of aromatic nitrogens is 1. The Morgan fingerprint density at radius 3 is 2.95 bits per heavy atom. The molecule has 7 nitrogen and oxygen atoms in total. The van der Waals surface area contributed by atoms with Crippen molar-refractivity contribution >= 4 is 16.0 Å². The molecule has 104 valence electrons. The monoisotopic (exact) mass is 285 g/mol. The number of ether oxygens (including phenoxy) is 1. The maximum atomic E-state index is 11.6. The van der Waals surface area contributed by atoms with E-state index in [1.807, 2.05) is 0 Å². The molecule has 1 aromatic heterocycles. The summed E-state index contributed by atoms with van der Waals surface area (Å²) in [6.07, 6.45) is 0. The Hall–Kier alpha value is -1.66. The van der Waals surface area contributed by atoms with Gasteiger partial charge in [0.05, 0.1) is 6.61 Å². The highest BCUT2D eigenvalue weighted by Gasteiger charge is 2.09. The van der Waals surface area contributed by atoms with Crippen molar-refractivity contribution in [1.82, 2.24) is 9.71 Å². The third-order valence-corrected chi connectivity index (χ3v) is 2.94. The van der Waals surface area contributed by atoms with Crippen molar-refractivity contribution in [2.24, 2.45) is 0 Å². The molecule has 0 atom stereocenters. The van der Waals surface area contributed by atoms with Crippen LogP contribution in [0.2, 0.25) is 0 Å². The van der Waals surface area contributed by atoms with Crippen LogP contribution in [0.5, 0.6) is 0 Å². The lowest BCUT2D eigenvalue weighted by atomic mass is 10.3. The van der Waals surface area contributed by atoms with Crippen molar-refractivity contribution in [3.8, 4) is 11.8 Å². The van der Waals surface area contributed by atoms with Gasteiger partial charge in [0.2, 0.25) is 0 Å². The Morgan fingerprint density at radius 2 is 2.26 bits per heavy atom. The SMILES string of the molecule is COCCNS(=O)(=O)Nc1cccc(C#CCO)n1. The average molecular weight is 285 g/mol. The van der Waals surface area contributed by atoms with Gasteiger partial charge in [-0.2, -0.15) is 13.1 Å². The lowest BCUT2D eigenvalue weighted by Crippen LogP contribution is -2.32. The molecule has 0 unspecified atom stereocenters. The van der Waals surface area contributed by atoms with Gasteiger partial charge in [-0.15, -0.1) is 0 Å². The predicted molar refractivity (Wildman–Crippen MR) is 70.6 cm³/mol. The summed E-state index contributed by atoms with van der Waals surface area (Å²) in [7, 11) is -2.21. The molecule has 0 amide bonds. The van der Waals surface area contributed by atoms with Gasteiger partial charge >= 0.3 is 0 Å². The number of hydrogen-bond acceptors (Lipinski definition) is 5. The fourth-order valence-corrected chi connectivity index (χ4v) is 1.96. The number of methoxy groups -OCH3 is 1. The molecular weight excluding hydrogens is 270 g/mol. The fourth-order valence-electron chi connectivity index (χ4n) is 1.14. The van der Waals surface area contributed by atoms with Crippen molar-refractivity contribution in [3.05, 3.63) is 23.9 Å². The lowest BCUT2D eigenvalue weighted by molar-refractivity contribution is 0.204. The molecule has 0 fully saturated rings. The predicted octanol–water partition coefficient (Wildman–Crippen LogP) is -0.682. The summed E-state index contributed by atoms with van der Waals surface area (Å²) in [5, 5.41) is 8.57. The zero-order chi connectivity index (χ0) is 14.1. The summed E-state index contributed by atoms with van der Waals surface area (Å²) in [6, 6.07) is 4.72. The number of aliphatic hydroxyl groups is 1. The van der Waals surface area contributed by atoms with Crippen LogP contribution in [-0.4, -0.2) is 45.4 Å². The number of hydrogen-bond donors (Lipinski definition) is 3. The van der Waals surface area contributed by atoms with Crippen LogP contribution in [0.15, 0.2) is 18.2 Å². The number of nitrogens with one attached hydrogen (secondary N) is 2.